The molecule has 1 heterocycles. The van der Waals surface area contributed by atoms with Crippen LogP contribution in [0.1, 0.15) is 25.1 Å². The summed E-state index contributed by atoms with van der Waals surface area (Å²) in [6, 6.07) is 1.84. The van der Waals surface area contributed by atoms with Crippen molar-refractivity contribution in [3.63, 3.8) is 0 Å². The molecule has 1 aromatic heterocycles. The van der Waals surface area contributed by atoms with E-state index in [1.54, 1.807) is 12.3 Å². The second kappa shape index (κ2) is 5.47. The number of rotatable bonds is 2. The van der Waals surface area contributed by atoms with Crippen LogP contribution in [0.15, 0.2) is 18.8 Å². The van der Waals surface area contributed by atoms with Gasteiger partial charge in [0.15, 0.2) is 0 Å². The SMILES string of the molecule is C=Cc1[nH]ccc1C=N.CC. The van der Waals surface area contributed by atoms with Gasteiger partial charge in [0.25, 0.3) is 0 Å². The zero-order valence-corrected chi connectivity index (χ0v) is 7.02. The van der Waals surface area contributed by atoms with E-state index in [0.29, 0.717) is 0 Å². The van der Waals surface area contributed by atoms with E-state index in [1.165, 1.54) is 6.21 Å². The first-order valence-corrected chi connectivity index (χ1v) is 3.68. The average molecular weight is 150 g/mol. The van der Waals surface area contributed by atoms with Gasteiger partial charge in [-0.15, -0.1) is 0 Å². The van der Waals surface area contributed by atoms with E-state index in [1.807, 2.05) is 19.9 Å². The van der Waals surface area contributed by atoms with Crippen LogP contribution in [0.2, 0.25) is 0 Å². The number of H-pyrrole nitrogens is 1. The Bertz CT molecular complexity index is 201. The van der Waals surface area contributed by atoms with Crippen LogP contribution in [0.4, 0.5) is 0 Å². The molecular formula is C9H14N2. The van der Waals surface area contributed by atoms with E-state index in [4.69, 9.17) is 5.41 Å². The van der Waals surface area contributed by atoms with Crippen LogP contribution in [0, 0.1) is 5.41 Å². The van der Waals surface area contributed by atoms with Crippen molar-refractivity contribution in [3.05, 3.63) is 30.1 Å². The molecule has 0 radical (unpaired) electrons. The first kappa shape index (κ1) is 9.69. The minimum atomic E-state index is 0.880. The fourth-order valence-electron chi connectivity index (χ4n) is 0.697. The summed E-state index contributed by atoms with van der Waals surface area (Å²) in [5, 5.41) is 6.91. The molecule has 0 unspecified atom stereocenters. The van der Waals surface area contributed by atoms with Crippen LogP contribution in [0.3, 0.4) is 0 Å². The summed E-state index contributed by atoms with van der Waals surface area (Å²) in [6.45, 7) is 7.58. The van der Waals surface area contributed by atoms with Crippen molar-refractivity contribution in [1.29, 1.82) is 5.41 Å². The van der Waals surface area contributed by atoms with Crippen molar-refractivity contribution in [2.24, 2.45) is 0 Å². The lowest BCUT2D eigenvalue weighted by atomic mass is 10.2. The molecule has 11 heavy (non-hydrogen) atoms. The third-order valence-corrected chi connectivity index (χ3v) is 1.17. The molecule has 0 aromatic carbocycles. The van der Waals surface area contributed by atoms with Gasteiger partial charge in [0, 0.05) is 23.7 Å². The van der Waals surface area contributed by atoms with Gasteiger partial charge in [-0.05, 0) is 12.1 Å². The van der Waals surface area contributed by atoms with Crippen molar-refractivity contribution in [3.8, 4) is 0 Å². The Balaban J connectivity index is 0.000000461. The van der Waals surface area contributed by atoms with Gasteiger partial charge in [0.1, 0.15) is 0 Å². The molecule has 0 aliphatic rings. The second-order valence-electron chi connectivity index (χ2n) is 1.70. The Morgan fingerprint density at radius 2 is 2.18 bits per heavy atom. The summed E-state index contributed by atoms with van der Waals surface area (Å²) >= 11 is 0. The van der Waals surface area contributed by atoms with E-state index in [2.05, 4.69) is 11.6 Å². The molecule has 0 amide bonds. The molecule has 0 saturated carbocycles. The number of hydrogen-bond acceptors (Lipinski definition) is 1. The number of aromatic nitrogens is 1. The Morgan fingerprint density at radius 3 is 2.55 bits per heavy atom. The van der Waals surface area contributed by atoms with Crippen LogP contribution in [-0.2, 0) is 0 Å². The summed E-state index contributed by atoms with van der Waals surface area (Å²) < 4.78 is 0. The second-order valence-corrected chi connectivity index (χ2v) is 1.70. The third kappa shape index (κ3) is 2.42. The number of aromatic amines is 1. The predicted molar refractivity (Wildman–Crippen MR) is 50.1 cm³/mol. The first-order valence-electron chi connectivity index (χ1n) is 3.68. The molecule has 60 valence electrons. The van der Waals surface area contributed by atoms with Crippen molar-refractivity contribution in [2.75, 3.05) is 0 Å². The van der Waals surface area contributed by atoms with E-state index in [9.17, 15) is 0 Å². The fourth-order valence-corrected chi connectivity index (χ4v) is 0.697. The van der Waals surface area contributed by atoms with E-state index in [-0.39, 0.29) is 0 Å². The highest BCUT2D eigenvalue weighted by atomic mass is 14.7. The molecule has 0 spiro atoms. The van der Waals surface area contributed by atoms with Gasteiger partial charge < -0.3 is 10.4 Å². The van der Waals surface area contributed by atoms with E-state index < -0.39 is 0 Å². The molecule has 0 fully saturated rings. The molecule has 0 aliphatic heterocycles. The highest BCUT2D eigenvalue weighted by molar-refractivity contribution is 5.82. The van der Waals surface area contributed by atoms with Gasteiger partial charge in [-0.2, -0.15) is 0 Å². The van der Waals surface area contributed by atoms with Crippen molar-refractivity contribution in [2.45, 2.75) is 13.8 Å². The van der Waals surface area contributed by atoms with Crippen LogP contribution < -0.4 is 0 Å². The quantitative estimate of drug-likeness (QED) is 0.608. The summed E-state index contributed by atoms with van der Waals surface area (Å²) in [4.78, 5) is 2.94. The largest absolute Gasteiger partial charge is 0.361 e. The summed E-state index contributed by atoms with van der Waals surface area (Å²) in [5.41, 5.74) is 1.79. The molecule has 0 aliphatic carbocycles. The average Bonchev–Trinajstić information content (AvgIpc) is 2.54. The van der Waals surface area contributed by atoms with E-state index in [0.717, 1.165) is 11.3 Å². The van der Waals surface area contributed by atoms with Gasteiger partial charge in [-0.3, -0.25) is 0 Å². The van der Waals surface area contributed by atoms with Gasteiger partial charge in [-0.25, -0.2) is 0 Å². The predicted octanol–water partition coefficient (Wildman–Crippen LogP) is 2.68. The van der Waals surface area contributed by atoms with Crippen LogP contribution in [-0.4, -0.2) is 11.2 Å². The minimum absolute atomic E-state index is 0.880. The van der Waals surface area contributed by atoms with Gasteiger partial charge >= 0.3 is 0 Å². The molecular weight excluding hydrogens is 136 g/mol. The third-order valence-electron chi connectivity index (χ3n) is 1.17. The van der Waals surface area contributed by atoms with Crippen LogP contribution in [0.25, 0.3) is 6.08 Å². The Hall–Kier alpha value is -1.31. The summed E-state index contributed by atoms with van der Waals surface area (Å²) in [6.07, 6.45) is 4.78. The first-order chi connectivity index (χ1) is 5.38. The summed E-state index contributed by atoms with van der Waals surface area (Å²) in [5.74, 6) is 0. The molecule has 0 saturated heterocycles. The molecule has 1 rings (SSSR count). The van der Waals surface area contributed by atoms with Crippen molar-refractivity contribution < 1.29 is 0 Å². The molecule has 0 bridgehead atoms. The number of nitrogens with one attached hydrogen (secondary N) is 2. The highest BCUT2D eigenvalue weighted by Gasteiger charge is 1.92. The lowest BCUT2D eigenvalue weighted by Gasteiger charge is -1.85. The van der Waals surface area contributed by atoms with Crippen molar-refractivity contribution in [1.82, 2.24) is 4.98 Å². The van der Waals surface area contributed by atoms with Gasteiger partial charge in [0.05, 0.1) is 0 Å². The standard InChI is InChI=1S/C7H8N2.C2H6/c1-2-7-6(5-8)3-4-9-7;1-2/h2-5,8-9H,1H2;1-2H3. The van der Waals surface area contributed by atoms with Crippen molar-refractivity contribution >= 4 is 12.3 Å². The Morgan fingerprint density at radius 1 is 1.55 bits per heavy atom. The Labute approximate surface area is 67.5 Å². The van der Waals surface area contributed by atoms with E-state index >= 15 is 0 Å². The topological polar surface area (TPSA) is 39.6 Å². The molecule has 1 aromatic rings. The van der Waals surface area contributed by atoms with Crippen LogP contribution >= 0.6 is 0 Å². The lowest BCUT2D eigenvalue weighted by molar-refractivity contribution is 1.37. The summed E-state index contributed by atoms with van der Waals surface area (Å²) in [7, 11) is 0. The fraction of sp³-hybridized carbons (Fsp3) is 0.222. The highest BCUT2D eigenvalue weighted by Crippen LogP contribution is 2.03. The molecule has 2 nitrogen and oxygen atoms in total. The zero-order chi connectivity index (χ0) is 8.69. The normalized spacial score (nSPS) is 7.82. The van der Waals surface area contributed by atoms with Gasteiger partial charge in [0.2, 0.25) is 0 Å². The lowest BCUT2D eigenvalue weighted by Crippen LogP contribution is -1.78. The maximum absolute atomic E-state index is 6.91. The maximum atomic E-state index is 6.91. The minimum Gasteiger partial charge on any atom is -0.361 e. The maximum Gasteiger partial charge on any atom is 0.0463 e. The zero-order valence-electron chi connectivity index (χ0n) is 7.02. The monoisotopic (exact) mass is 150 g/mol. The number of hydrogen-bond donors (Lipinski definition) is 2. The smallest absolute Gasteiger partial charge is 0.0463 e. The Kier molecular flexibility index (Phi) is 4.82. The van der Waals surface area contributed by atoms with Gasteiger partial charge in [-0.1, -0.05) is 20.4 Å². The molecule has 2 heteroatoms. The molecule has 0 atom stereocenters. The molecule has 2 N–H and O–H groups in total. The van der Waals surface area contributed by atoms with Crippen LogP contribution in [0.5, 0.6) is 0 Å².